The lowest BCUT2D eigenvalue weighted by molar-refractivity contribution is 0.0845. The summed E-state index contributed by atoms with van der Waals surface area (Å²) in [5.74, 6) is -0.222. The van der Waals surface area contributed by atoms with Gasteiger partial charge in [0.15, 0.2) is 0 Å². The number of fused-ring (bicyclic) bond motifs is 1. The highest BCUT2D eigenvalue weighted by Gasteiger charge is 2.27. The Morgan fingerprint density at radius 1 is 1.28 bits per heavy atom. The van der Waals surface area contributed by atoms with Crippen LogP contribution in [0.25, 0.3) is 0 Å². The van der Waals surface area contributed by atoms with E-state index in [4.69, 9.17) is 4.74 Å². The fourth-order valence-corrected chi connectivity index (χ4v) is 2.66. The first-order valence-electron chi connectivity index (χ1n) is 8.08. The van der Waals surface area contributed by atoms with Crippen LogP contribution in [0.2, 0.25) is 0 Å². The second-order valence-corrected chi connectivity index (χ2v) is 5.69. The molecule has 0 saturated carbocycles. The van der Waals surface area contributed by atoms with Gasteiger partial charge in [-0.25, -0.2) is 4.79 Å². The van der Waals surface area contributed by atoms with E-state index in [9.17, 15) is 9.59 Å². The van der Waals surface area contributed by atoms with Crippen LogP contribution in [0.4, 0.5) is 4.79 Å². The molecule has 1 aromatic carbocycles. The van der Waals surface area contributed by atoms with Crippen LogP contribution in [0.3, 0.4) is 0 Å². The van der Waals surface area contributed by atoms with E-state index in [-0.39, 0.29) is 12.5 Å². The van der Waals surface area contributed by atoms with Crippen molar-refractivity contribution in [3.63, 3.8) is 0 Å². The summed E-state index contributed by atoms with van der Waals surface area (Å²) in [4.78, 5) is 26.1. The normalized spacial score (nSPS) is 13.0. The van der Waals surface area contributed by atoms with Crippen molar-refractivity contribution in [2.75, 3.05) is 13.1 Å². The summed E-state index contributed by atoms with van der Waals surface area (Å²) in [5.41, 5.74) is 2.12. The molecular weight excluding hydrogens is 320 g/mol. The van der Waals surface area contributed by atoms with Gasteiger partial charge in [-0.15, -0.1) is 6.58 Å². The maximum Gasteiger partial charge on any atom is 0.410 e. The van der Waals surface area contributed by atoms with Crippen molar-refractivity contribution in [2.24, 2.45) is 0 Å². The number of carbonyl (C=O) groups excluding carboxylic acids is 2. The molecule has 0 unspecified atom stereocenters. The number of nitrogens with one attached hydrogen (secondary N) is 1. The lowest BCUT2D eigenvalue weighted by Gasteiger charge is -2.27. The Labute approximate surface area is 145 Å². The van der Waals surface area contributed by atoms with E-state index < -0.39 is 6.09 Å². The minimum Gasteiger partial charge on any atom is -0.445 e. The molecule has 0 radical (unpaired) electrons. The molecule has 1 aromatic heterocycles. The van der Waals surface area contributed by atoms with Crippen LogP contribution >= 0.6 is 0 Å². The van der Waals surface area contributed by atoms with E-state index in [1.54, 1.807) is 15.7 Å². The second-order valence-electron chi connectivity index (χ2n) is 5.69. The smallest absolute Gasteiger partial charge is 0.410 e. The van der Waals surface area contributed by atoms with Crippen LogP contribution in [-0.4, -0.2) is 39.8 Å². The van der Waals surface area contributed by atoms with Gasteiger partial charge in [-0.2, -0.15) is 5.10 Å². The third-order valence-electron chi connectivity index (χ3n) is 3.99. The number of aromatic nitrogens is 2. The minimum absolute atomic E-state index is 0.222. The van der Waals surface area contributed by atoms with E-state index in [0.29, 0.717) is 37.4 Å². The molecule has 3 rings (SSSR count). The van der Waals surface area contributed by atoms with Gasteiger partial charge in [-0.3, -0.25) is 9.48 Å². The van der Waals surface area contributed by atoms with Gasteiger partial charge >= 0.3 is 6.09 Å². The third-order valence-corrected chi connectivity index (χ3v) is 3.99. The number of amides is 2. The highest BCUT2D eigenvalue weighted by atomic mass is 16.6. The summed E-state index contributed by atoms with van der Waals surface area (Å²) >= 11 is 0. The van der Waals surface area contributed by atoms with E-state index in [2.05, 4.69) is 17.0 Å². The van der Waals surface area contributed by atoms with Gasteiger partial charge in [0, 0.05) is 13.1 Å². The molecule has 7 heteroatoms. The van der Waals surface area contributed by atoms with E-state index in [1.165, 1.54) is 6.20 Å². The van der Waals surface area contributed by atoms with Crippen molar-refractivity contribution in [1.29, 1.82) is 0 Å². The van der Waals surface area contributed by atoms with Crippen LogP contribution in [0, 0.1) is 0 Å². The Morgan fingerprint density at radius 3 is 2.84 bits per heavy atom. The predicted molar refractivity (Wildman–Crippen MR) is 91.8 cm³/mol. The number of rotatable bonds is 5. The Kier molecular flexibility index (Phi) is 5.13. The number of hydrogen-bond donors (Lipinski definition) is 1. The summed E-state index contributed by atoms with van der Waals surface area (Å²) in [6.45, 7) is 5.51. The molecule has 2 amide bonds. The maximum atomic E-state index is 12.3. The van der Waals surface area contributed by atoms with Crippen molar-refractivity contribution >= 4 is 12.0 Å². The molecule has 130 valence electrons. The molecule has 0 aliphatic carbocycles. The second kappa shape index (κ2) is 7.65. The SMILES string of the molecule is C=CCNC(=O)c1cnn2c1CN(C(=O)OCc1ccccc1)CC2. The van der Waals surface area contributed by atoms with E-state index in [0.717, 1.165) is 5.56 Å². The van der Waals surface area contributed by atoms with Gasteiger partial charge in [0.25, 0.3) is 5.91 Å². The number of nitrogens with zero attached hydrogens (tertiary/aromatic N) is 3. The lowest BCUT2D eigenvalue weighted by atomic mass is 10.2. The summed E-state index contributed by atoms with van der Waals surface area (Å²) < 4.78 is 7.12. The van der Waals surface area contributed by atoms with Crippen LogP contribution in [0.15, 0.2) is 49.2 Å². The molecule has 25 heavy (non-hydrogen) atoms. The molecule has 2 heterocycles. The molecule has 0 atom stereocenters. The number of hydrogen-bond acceptors (Lipinski definition) is 4. The molecule has 1 aliphatic rings. The van der Waals surface area contributed by atoms with E-state index in [1.807, 2.05) is 30.3 Å². The summed E-state index contributed by atoms with van der Waals surface area (Å²) in [5, 5.41) is 6.95. The quantitative estimate of drug-likeness (QED) is 0.844. The Bertz CT molecular complexity index is 770. The molecule has 7 nitrogen and oxygen atoms in total. The lowest BCUT2D eigenvalue weighted by Crippen LogP contribution is -2.39. The summed E-state index contributed by atoms with van der Waals surface area (Å²) in [7, 11) is 0. The van der Waals surface area contributed by atoms with Crippen LogP contribution in [0.1, 0.15) is 21.6 Å². The third kappa shape index (κ3) is 3.88. The van der Waals surface area contributed by atoms with Gasteiger partial charge < -0.3 is 15.0 Å². The topological polar surface area (TPSA) is 76.5 Å². The number of carbonyl (C=O) groups is 2. The first-order valence-corrected chi connectivity index (χ1v) is 8.08. The van der Waals surface area contributed by atoms with Gasteiger partial charge in [0.2, 0.25) is 0 Å². The molecule has 1 aliphatic heterocycles. The Balaban J connectivity index is 1.63. The fourth-order valence-electron chi connectivity index (χ4n) is 2.66. The first-order chi connectivity index (χ1) is 12.2. The van der Waals surface area contributed by atoms with Crippen LogP contribution < -0.4 is 5.32 Å². The number of benzene rings is 1. The fraction of sp³-hybridized carbons (Fsp3) is 0.278. The van der Waals surface area contributed by atoms with E-state index >= 15 is 0 Å². The van der Waals surface area contributed by atoms with Gasteiger partial charge in [0.1, 0.15) is 6.61 Å². The van der Waals surface area contributed by atoms with Crippen LogP contribution in [0.5, 0.6) is 0 Å². The average molecular weight is 340 g/mol. The largest absolute Gasteiger partial charge is 0.445 e. The minimum atomic E-state index is -0.395. The zero-order valence-corrected chi connectivity index (χ0v) is 13.9. The van der Waals surface area contributed by atoms with Gasteiger partial charge in [0.05, 0.1) is 30.5 Å². The average Bonchev–Trinajstić information content (AvgIpc) is 3.08. The van der Waals surface area contributed by atoms with Crippen molar-refractivity contribution in [3.05, 3.63) is 66.0 Å². The van der Waals surface area contributed by atoms with Gasteiger partial charge in [-0.05, 0) is 5.56 Å². The van der Waals surface area contributed by atoms with Crippen molar-refractivity contribution < 1.29 is 14.3 Å². The Morgan fingerprint density at radius 2 is 2.08 bits per heavy atom. The first kappa shape index (κ1) is 16.8. The van der Waals surface area contributed by atoms with Crippen molar-refractivity contribution in [3.8, 4) is 0 Å². The zero-order chi connectivity index (χ0) is 17.6. The van der Waals surface area contributed by atoms with Crippen molar-refractivity contribution in [1.82, 2.24) is 20.0 Å². The molecule has 0 fully saturated rings. The summed E-state index contributed by atoms with van der Waals surface area (Å²) in [6.07, 6.45) is 2.75. The zero-order valence-electron chi connectivity index (χ0n) is 13.9. The molecule has 0 saturated heterocycles. The Hall–Kier alpha value is -3.09. The molecular formula is C18H20N4O3. The molecule has 1 N–H and O–H groups in total. The molecule has 0 spiro atoms. The monoisotopic (exact) mass is 340 g/mol. The standard InChI is InChI=1S/C18H20N4O3/c1-2-8-19-17(23)15-11-20-22-10-9-21(12-16(15)22)18(24)25-13-14-6-4-3-5-7-14/h2-7,11H,1,8-10,12-13H2,(H,19,23). The highest BCUT2D eigenvalue weighted by molar-refractivity contribution is 5.95. The molecule has 2 aromatic rings. The van der Waals surface area contributed by atoms with Crippen molar-refractivity contribution in [2.45, 2.75) is 19.7 Å². The number of ether oxygens (including phenoxy) is 1. The highest BCUT2D eigenvalue weighted by Crippen LogP contribution is 2.17. The van der Waals surface area contributed by atoms with Gasteiger partial charge in [-0.1, -0.05) is 36.4 Å². The maximum absolute atomic E-state index is 12.3. The summed E-state index contributed by atoms with van der Waals surface area (Å²) in [6, 6.07) is 9.52. The molecule has 0 bridgehead atoms. The predicted octanol–water partition coefficient (Wildman–Crippen LogP) is 1.95. The van der Waals surface area contributed by atoms with Crippen LogP contribution in [-0.2, 0) is 24.4 Å².